The molecule has 0 spiro atoms. The standard InChI is InChI=1S/C35H34N6O4S/c1-22-10-12-26(13-11-22)30-19-28(25-14-16-27(44-4)17-15-25)39-41(30)33(42)21-46-35-38-37-32(20-36-34(43)31-9-6-18-45-31)40(35)29-8-5-7-23(2)24(29)3/h5-18,30H,19-21H2,1-4H3,(H,36,43)/t30-/m0/s1. The maximum atomic E-state index is 13.9. The summed E-state index contributed by atoms with van der Waals surface area (Å²) in [5, 5.41) is 18.7. The Kier molecular flexibility index (Phi) is 9.02. The van der Waals surface area contributed by atoms with Crippen molar-refractivity contribution in [2.24, 2.45) is 5.10 Å². The van der Waals surface area contributed by atoms with Crippen LogP contribution in [0.5, 0.6) is 5.75 Å². The first kappa shape index (κ1) is 30.8. The van der Waals surface area contributed by atoms with Crippen molar-refractivity contribution < 1.29 is 18.7 Å². The van der Waals surface area contributed by atoms with E-state index >= 15 is 0 Å². The Labute approximate surface area is 271 Å². The number of thioether (sulfide) groups is 1. The zero-order chi connectivity index (χ0) is 32.2. The summed E-state index contributed by atoms with van der Waals surface area (Å²) in [5.41, 5.74) is 6.96. The van der Waals surface area contributed by atoms with Crippen LogP contribution in [0.2, 0.25) is 0 Å². The van der Waals surface area contributed by atoms with E-state index in [0.29, 0.717) is 17.4 Å². The molecule has 2 amide bonds. The molecule has 1 atom stereocenters. The summed E-state index contributed by atoms with van der Waals surface area (Å²) in [4.78, 5) is 26.5. The van der Waals surface area contributed by atoms with Gasteiger partial charge in [-0.15, -0.1) is 10.2 Å². The molecule has 2 aromatic heterocycles. The summed E-state index contributed by atoms with van der Waals surface area (Å²) in [7, 11) is 1.63. The molecule has 0 radical (unpaired) electrons. The zero-order valence-corrected chi connectivity index (χ0v) is 26.9. The van der Waals surface area contributed by atoms with Crippen LogP contribution in [0.1, 0.15) is 56.7 Å². The summed E-state index contributed by atoms with van der Waals surface area (Å²) < 4.78 is 12.4. The number of nitrogens with zero attached hydrogens (tertiary/aromatic N) is 5. The predicted octanol–water partition coefficient (Wildman–Crippen LogP) is 6.19. The first-order valence-electron chi connectivity index (χ1n) is 14.9. The van der Waals surface area contributed by atoms with Gasteiger partial charge in [0.25, 0.3) is 11.8 Å². The second-order valence-corrected chi connectivity index (χ2v) is 12.0. The topological polar surface area (TPSA) is 115 Å². The van der Waals surface area contributed by atoms with Crippen LogP contribution in [0, 0.1) is 20.8 Å². The van der Waals surface area contributed by atoms with Gasteiger partial charge < -0.3 is 14.5 Å². The lowest BCUT2D eigenvalue weighted by Crippen LogP contribution is -2.28. The number of nitrogens with one attached hydrogen (secondary N) is 1. The number of hydrogen-bond donors (Lipinski definition) is 1. The van der Waals surface area contributed by atoms with Gasteiger partial charge in [-0.3, -0.25) is 14.2 Å². The molecule has 3 aromatic carbocycles. The number of furan rings is 1. The summed E-state index contributed by atoms with van der Waals surface area (Å²) in [6, 6.07) is 24.9. The van der Waals surface area contributed by atoms with Gasteiger partial charge in [0.15, 0.2) is 16.7 Å². The molecule has 0 saturated heterocycles. The van der Waals surface area contributed by atoms with E-state index in [0.717, 1.165) is 45.0 Å². The Morgan fingerprint density at radius 3 is 2.48 bits per heavy atom. The monoisotopic (exact) mass is 634 g/mol. The van der Waals surface area contributed by atoms with Crippen molar-refractivity contribution in [2.45, 2.75) is 44.9 Å². The molecule has 10 nitrogen and oxygen atoms in total. The van der Waals surface area contributed by atoms with Crippen molar-refractivity contribution in [1.82, 2.24) is 25.1 Å². The number of hydrogen-bond acceptors (Lipinski definition) is 8. The van der Waals surface area contributed by atoms with E-state index in [9.17, 15) is 9.59 Å². The fourth-order valence-corrected chi connectivity index (χ4v) is 6.14. The molecule has 0 fully saturated rings. The van der Waals surface area contributed by atoms with E-state index in [1.807, 2.05) is 67.8 Å². The predicted molar refractivity (Wildman–Crippen MR) is 176 cm³/mol. The number of aromatic nitrogens is 3. The largest absolute Gasteiger partial charge is 0.497 e. The van der Waals surface area contributed by atoms with Gasteiger partial charge >= 0.3 is 0 Å². The van der Waals surface area contributed by atoms with Crippen LogP contribution in [0.4, 0.5) is 0 Å². The number of amides is 2. The third kappa shape index (κ3) is 6.45. The van der Waals surface area contributed by atoms with Crippen LogP contribution in [-0.4, -0.2) is 50.2 Å². The maximum Gasteiger partial charge on any atom is 0.287 e. The number of hydrazone groups is 1. The Morgan fingerprint density at radius 2 is 1.76 bits per heavy atom. The molecule has 1 aliphatic rings. The van der Waals surface area contributed by atoms with Gasteiger partial charge in [0, 0.05) is 6.42 Å². The first-order chi connectivity index (χ1) is 22.3. The molecule has 1 aliphatic heterocycles. The highest BCUT2D eigenvalue weighted by molar-refractivity contribution is 7.99. The van der Waals surface area contributed by atoms with Gasteiger partial charge in [-0.2, -0.15) is 5.10 Å². The molecule has 0 bridgehead atoms. The molecule has 46 heavy (non-hydrogen) atoms. The molecule has 1 N–H and O–H groups in total. The Hall–Kier alpha value is -5.16. The van der Waals surface area contributed by atoms with Crippen molar-refractivity contribution in [2.75, 3.05) is 12.9 Å². The molecule has 234 valence electrons. The molecule has 6 rings (SSSR count). The van der Waals surface area contributed by atoms with Crippen molar-refractivity contribution in [1.29, 1.82) is 0 Å². The minimum Gasteiger partial charge on any atom is -0.497 e. The van der Waals surface area contributed by atoms with Gasteiger partial charge in [0.05, 0.1) is 43.1 Å². The maximum absolute atomic E-state index is 13.9. The van der Waals surface area contributed by atoms with E-state index in [1.54, 1.807) is 24.3 Å². The second kappa shape index (κ2) is 13.5. The molecule has 3 heterocycles. The van der Waals surface area contributed by atoms with Crippen LogP contribution >= 0.6 is 11.8 Å². The Balaban J connectivity index is 1.27. The van der Waals surface area contributed by atoms with Crippen LogP contribution < -0.4 is 10.1 Å². The fraction of sp³-hybridized carbons (Fsp3) is 0.229. The zero-order valence-electron chi connectivity index (χ0n) is 26.1. The normalized spacial score (nSPS) is 14.3. The van der Waals surface area contributed by atoms with Gasteiger partial charge in [0.1, 0.15) is 5.75 Å². The average Bonchev–Trinajstić information content (AvgIpc) is 3.85. The molecule has 11 heteroatoms. The van der Waals surface area contributed by atoms with E-state index in [2.05, 4.69) is 39.8 Å². The average molecular weight is 635 g/mol. The molecule has 5 aromatic rings. The van der Waals surface area contributed by atoms with E-state index in [4.69, 9.17) is 14.3 Å². The highest BCUT2D eigenvalue weighted by atomic mass is 32.2. The number of methoxy groups -OCH3 is 1. The number of benzene rings is 3. The van der Waals surface area contributed by atoms with Gasteiger partial charge in [-0.05, 0) is 85.5 Å². The number of rotatable bonds is 10. The molecule has 0 saturated carbocycles. The Bertz CT molecular complexity index is 1880. The summed E-state index contributed by atoms with van der Waals surface area (Å²) in [5.74, 6) is 1.08. The van der Waals surface area contributed by atoms with E-state index in [1.165, 1.54) is 18.0 Å². The molecular formula is C35H34N6O4S. The minimum absolute atomic E-state index is 0.0868. The number of aryl methyl sites for hydroxylation is 2. The van der Waals surface area contributed by atoms with Gasteiger partial charge in [-0.25, -0.2) is 5.01 Å². The van der Waals surface area contributed by atoms with Crippen LogP contribution in [0.3, 0.4) is 0 Å². The lowest BCUT2D eigenvalue weighted by atomic mass is 9.97. The summed E-state index contributed by atoms with van der Waals surface area (Å²) >= 11 is 1.29. The first-order valence-corrected chi connectivity index (χ1v) is 15.9. The van der Waals surface area contributed by atoms with Gasteiger partial charge in [-0.1, -0.05) is 53.7 Å². The fourth-order valence-electron chi connectivity index (χ4n) is 5.32. The van der Waals surface area contributed by atoms with Crippen LogP contribution in [0.25, 0.3) is 5.69 Å². The third-order valence-corrected chi connectivity index (χ3v) is 8.96. The van der Waals surface area contributed by atoms with Crippen molar-refractivity contribution in [3.63, 3.8) is 0 Å². The smallest absolute Gasteiger partial charge is 0.287 e. The van der Waals surface area contributed by atoms with E-state index in [-0.39, 0.29) is 35.9 Å². The van der Waals surface area contributed by atoms with Crippen LogP contribution in [-0.2, 0) is 11.3 Å². The van der Waals surface area contributed by atoms with Crippen molar-refractivity contribution >= 4 is 29.3 Å². The summed E-state index contributed by atoms with van der Waals surface area (Å²) in [6.07, 6.45) is 2.04. The molecule has 0 unspecified atom stereocenters. The highest BCUT2D eigenvalue weighted by Gasteiger charge is 2.33. The lowest BCUT2D eigenvalue weighted by Gasteiger charge is -2.22. The lowest BCUT2D eigenvalue weighted by molar-refractivity contribution is -0.130. The SMILES string of the molecule is COc1ccc(C2=NN(C(=O)CSc3nnc(CNC(=O)c4ccco4)n3-c3cccc(C)c3C)[C@H](c3ccc(C)cc3)C2)cc1. The quantitative estimate of drug-likeness (QED) is 0.182. The Morgan fingerprint density at radius 1 is 0.978 bits per heavy atom. The van der Waals surface area contributed by atoms with E-state index < -0.39 is 0 Å². The van der Waals surface area contributed by atoms with Gasteiger partial charge in [0.2, 0.25) is 0 Å². The molecular weight excluding hydrogens is 600 g/mol. The minimum atomic E-state index is -0.355. The molecule has 0 aliphatic carbocycles. The van der Waals surface area contributed by atoms with Crippen molar-refractivity contribution in [3.05, 3.63) is 125 Å². The third-order valence-electron chi connectivity index (χ3n) is 8.05. The van der Waals surface area contributed by atoms with Crippen molar-refractivity contribution in [3.8, 4) is 11.4 Å². The van der Waals surface area contributed by atoms with Crippen LogP contribution in [0.15, 0.2) is 99.8 Å². The highest BCUT2D eigenvalue weighted by Crippen LogP contribution is 2.35. The number of carbonyl (C=O) groups is 2. The summed E-state index contributed by atoms with van der Waals surface area (Å²) in [6.45, 7) is 6.22. The number of carbonyl (C=O) groups excluding carboxylic acids is 2. The number of ether oxygens (including phenoxy) is 1. The second-order valence-electron chi connectivity index (χ2n) is 11.0.